The number of amides is 1. The molecule has 0 bridgehead atoms. The highest BCUT2D eigenvalue weighted by atomic mass is 16.1. The quantitative estimate of drug-likeness (QED) is 0.731. The maximum absolute atomic E-state index is 11.4. The number of nitrogens with two attached hydrogens (primary N) is 1. The van der Waals surface area contributed by atoms with Crippen molar-refractivity contribution in [3.05, 3.63) is 18.6 Å². The Kier molecular flexibility index (Phi) is 3.51. The van der Waals surface area contributed by atoms with Crippen molar-refractivity contribution in [2.75, 3.05) is 24.5 Å². The SMILES string of the molecule is NCC(=O)N[C@@H]1CCCN(c2ncnc3[nH]ccc23)C1. The van der Waals surface area contributed by atoms with Crippen LogP contribution in [0.2, 0.25) is 0 Å². The number of H-pyrrole nitrogens is 1. The molecular weight excluding hydrogens is 256 g/mol. The second-order valence-electron chi connectivity index (χ2n) is 4.99. The Morgan fingerprint density at radius 3 is 3.30 bits per heavy atom. The monoisotopic (exact) mass is 274 g/mol. The molecule has 1 aliphatic rings. The first-order valence-electron chi connectivity index (χ1n) is 6.80. The van der Waals surface area contributed by atoms with E-state index in [0.717, 1.165) is 42.8 Å². The molecule has 1 aliphatic heterocycles. The van der Waals surface area contributed by atoms with Gasteiger partial charge in [-0.05, 0) is 18.9 Å². The Morgan fingerprint density at radius 2 is 2.45 bits per heavy atom. The fraction of sp³-hybridized carbons (Fsp3) is 0.462. The van der Waals surface area contributed by atoms with Crippen molar-refractivity contribution in [1.82, 2.24) is 20.3 Å². The van der Waals surface area contributed by atoms with Gasteiger partial charge in [-0.2, -0.15) is 0 Å². The first-order chi connectivity index (χ1) is 9.78. The normalized spacial score (nSPS) is 19.2. The predicted molar refractivity (Wildman–Crippen MR) is 76.3 cm³/mol. The number of nitrogens with one attached hydrogen (secondary N) is 2. The highest BCUT2D eigenvalue weighted by Gasteiger charge is 2.23. The molecule has 7 heteroatoms. The lowest BCUT2D eigenvalue weighted by Crippen LogP contribution is -2.49. The van der Waals surface area contributed by atoms with Crippen LogP contribution in [0.4, 0.5) is 5.82 Å². The fourth-order valence-corrected chi connectivity index (χ4v) is 2.68. The summed E-state index contributed by atoms with van der Waals surface area (Å²) < 4.78 is 0. The molecule has 0 radical (unpaired) electrons. The summed E-state index contributed by atoms with van der Waals surface area (Å²) in [6, 6.07) is 2.11. The molecule has 2 aromatic rings. The van der Waals surface area contributed by atoms with E-state index in [2.05, 4.69) is 25.2 Å². The summed E-state index contributed by atoms with van der Waals surface area (Å²) in [4.78, 5) is 25.3. The maximum Gasteiger partial charge on any atom is 0.234 e. The standard InChI is InChI=1S/C13H18N6O/c14-6-11(20)18-9-2-1-5-19(7-9)13-10-3-4-15-12(10)16-8-17-13/h3-4,8-9H,1-2,5-7,14H2,(H,18,20)(H,15,16,17)/t9-/m1/s1. The predicted octanol–water partition coefficient (Wildman–Crippen LogP) is 0.00160. The Bertz CT molecular complexity index is 610. The van der Waals surface area contributed by atoms with Gasteiger partial charge in [0.25, 0.3) is 0 Å². The van der Waals surface area contributed by atoms with E-state index in [-0.39, 0.29) is 18.5 Å². The van der Waals surface area contributed by atoms with Gasteiger partial charge in [-0.3, -0.25) is 4.79 Å². The van der Waals surface area contributed by atoms with Crippen LogP contribution in [0, 0.1) is 0 Å². The molecule has 0 aromatic carbocycles. The van der Waals surface area contributed by atoms with Crippen LogP contribution in [0.3, 0.4) is 0 Å². The number of aromatic amines is 1. The molecule has 106 valence electrons. The van der Waals surface area contributed by atoms with Crippen LogP contribution in [0.1, 0.15) is 12.8 Å². The third-order valence-corrected chi connectivity index (χ3v) is 3.60. The van der Waals surface area contributed by atoms with E-state index in [1.807, 2.05) is 12.3 Å². The first-order valence-corrected chi connectivity index (χ1v) is 6.80. The van der Waals surface area contributed by atoms with E-state index in [4.69, 9.17) is 5.73 Å². The number of anilines is 1. The second kappa shape index (κ2) is 5.46. The average molecular weight is 274 g/mol. The molecule has 0 spiro atoms. The molecule has 0 saturated carbocycles. The fourth-order valence-electron chi connectivity index (χ4n) is 2.68. The molecule has 3 heterocycles. The van der Waals surface area contributed by atoms with E-state index in [0.29, 0.717) is 0 Å². The lowest BCUT2D eigenvalue weighted by atomic mass is 10.1. The zero-order chi connectivity index (χ0) is 13.9. The molecule has 0 aliphatic carbocycles. The molecule has 20 heavy (non-hydrogen) atoms. The van der Waals surface area contributed by atoms with Gasteiger partial charge in [0.05, 0.1) is 11.9 Å². The van der Waals surface area contributed by atoms with E-state index in [9.17, 15) is 4.79 Å². The van der Waals surface area contributed by atoms with E-state index in [1.54, 1.807) is 6.33 Å². The Labute approximate surface area is 116 Å². The maximum atomic E-state index is 11.4. The molecule has 3 rings (SSSR count). The van der Waals surface area contributed by atoms with Crippen molar-refractivity contribution >= 4 is 22.8 Å². The van der Waals surface area contributed by atoms with Gasteiger partial charge in [0, 0.05) is 25.3 Å². The second-order valence-corrected chi connectivity index (χ2v) is 4.99. The van der Waals surface area contributed by atoms with Gasteiger partial charge >= 0.3 is 0 Å². The summed E-state index contributed by atoms with van der Waals surface area (Å²) in [5.41, 5.74) is 6.18. The van der Waals surface area contributed by atoms with E-state index in [1.165, 1.54) is 0 Å². The van der Waals surface area contributed by atoms with Crippen LogP contribution in [0.15, 0.2) is 18.6 Å². The number of nitrogens with zero attached hydrogens (tertiary/aromatic N) is 3. The van der Waals surface area contributed by atoms with Crippen LogP contribution in [0.25, 0.3) is 11.0 Å². The van der Waals surface area contributed by atoms with Gasteiger partial charge < -0.3 is 20.9 Å². The summed E-state index contributed by atoms with van der Waals surface area (Å²) in [5.74, 6) is 0.814. The van der Waals surface area contributed by atoms with Crippen molar-refractivity contribution in [2.24, 2.45) is 5.73 Å². The van der Waals surface area contributed by atoms with Crippen molar-refractivity contribution in [3.8, 4) is 0 Å². The average Bonchev–Trinajstić information content (AvgIpc) is 2.95. The number of aromatic nitrogens is 3. The van der Waals surface area contributed by atoms with Crippen LogP contribution < -0.4 is 16.0 Å². The summed E-state index contributed by atoms with van der Waals surface area (Å²) >= 11 is 0. The number of carbonyl (C=O) groups excluding carboxylic acids is 1. The Hall–Kier alpha value is -2.15. The summed E-state index contributed by atoms with van der Waals surface area (Å²) in [7, 11) is 0. The minimum absolute atomic E-state index is 0.0338. The third kappa shape index (κ3) is 2.44. The minimum Gasteiger partial charge on any atom is -0.354 e. The van der Waals surface area contributed by atoms with Crippen LogP contribution in [0.5, 0.6) is 0 Å². The molecule has 0 unspecified atom stereocenters. The molecule has 1 atom stereocenters. The van der Waals surface area contributed by atoms with Crippen molar-refractivity contribution in [2.45, 2.75) is 18.9 Å². The largest absolute Gasteiger partial charge is 0.354 e. The van der Waals surface area contributed by atoms with Gasteiger partial charge in [-0.15, -0.1) is 0 Å². The van der Waals surface area contributed by atoms with Gasteiger partial charge in [-0.1, -0.05) is 0 Å². The van der Waals surface area contributed by atoms with Gasteiger partial charge in [0.15, 0.2) is 0 Å². The molecule has 7 nitrogen and oxygen atoms in total. The Balaban J connectivity index is 1.79. The van der Waals surface area contributed by atoms with Crippen molar-refractivity contribution in [3.63, 3.8) is 0 Å². The van der Waals surface area contributed by atoms with Crippen molar-refractivity contribution in [1.29, 1.82) is 0 Å². The molecule has 1 amide bonds. The van der Waals surface area contributed by atoms with E-state index < -0.39 is 0 Å². The highest BCUT2D eigenvalue weighted by molar-refractivity contribution is 5.87. The number of hydrogen-bond acceptors (Lipinski definition) is 5. The number of carbonyl (C=O) groups is 1. The summed E-state index contributed by atoms with van der Waals surface area (Å²) in [6.07, 6.45) is 5.42. The third-order valence-electron chi connectivity index (χ3n) is 3.60. The zero-order valence-corrected chi connectivity index (χ0v) is 11.2. The van der Waals surface area contributed by atoms with Crippen molar-refractivity contribution < 1.29 is 4.79 Å². The lowest BCUT2D eigenvalue weighted by molar-refractivity contribution is -0.120. The Morgan fingerprint density at radius 1 is 1.55 bits per heavy atom. The topological polar surface area (TPSA) is 99.9 Å². The van der Waals surface area contributed by atoms with Gasteiger partial charge in [0.2, 0.25) is 5.91 Å². The summed E-state index contributed by atoms with van der Waals surface area (Å²) in [5, 5.41) is 3.97. The summed E-state index contributed by atoms with van der Waals surface area (Å²) in [6.45, 7) is 1.72. The zero-order valence-electron chi connectivity index (χ0n) is 11.2. The molecule has 4 N–H and O–H groups in total. The van der Waals surface area contributed by atoms with E-state index >= 15 is 0 Å². The van der Waals surface area contributed by atoms with Gasteiger partial charge in [-0.25, -0.2) is 9.97 Å². The highest BCUT2D eigenvalue weighted by Crippen LogP contribution is 2.24. The molecule has 1 saturated heterocycles. The van der Waals surface area contributed by atoms with Gasteiger partial charge in [0.1, 0.15) is 17.8 Å². The lowest BCUT2D eigenvalue weighted by Gasteiger charge is -2.34. The molecular formula is C13H18N6O. The smallest absolute Gasteiger partial charge is 0.234 e. The minimum atomic E-state index is -0.105. The molecule has 2 aromatic heterocycles. The number of fused-ring (bicyclic) bond motifs is 1. The first kappa shape index (κ1) is 12.9. The number of hydrogen-bond donors (Lipinski definition) is 3. The van der Waals surface area contributed by atoms with Crippen LogP contribution in [-0.2, 0) is 4.79 Å². The number of rotatable bonds is 3. The number of piperidine rings is 1. The van der Waals surface area contributed by atoms with Crippen LogP contribution in [-0.4, -0.2) is 46.5 Å². The van der Waals surface area contributed by atoms with Crippen LogP contribution >= 0.6 is 0 Å². The molecule has 1 fully saturated rings.